The molecule has 0 radical (unpaired) electrons. The van der Waals surface area contributed by atoms with Crippen molar-refractivity contribution in [3.63, 3.8) is 0 Å². The number of benzene rings is 1. The Bertz CT molecular complexity index is 626. The topological polar surface area (TPSA) is 107 Å². The number of nitrogens with two attached hydrogens (primary N) is 1. The van der Waals surface area contributed by atoms with Crippen molar-refractivity contribution in [2.75, 3.05) is 12.8 Å². The van der Waals surface area contributed by atoms with Crippen LogP contribution in [-0.4, -0.2) is 30.2 Å². The van der Waals surface area contributed by atoms with E-state index in [9.17, 15) is 18.5 Å². The van der Waals surface area contributed by atoms with Gasteiger partial charge in [0.2, 0.25) is 10.0 Å². The molecule has 0 spiro atoms. The fraction of sp³-hybridized carbons (Fsp3) is 0.500. The summed E-state index contributed by atoms with van der Waals surface area (Å²) < 4.78 is 26.2. The number of sulfonamides is 1. The predicted molar refractivity (Wildman–Crippen MR) is 76.8 cm³/mol. The van der Waals surface area contributed by atoms with Crippen LogP contribution in [0, 0.1) is 10.1 Å². The van der Waals surface area contributed by atoms with Gasteiger partial charge in [0.15, 0.2) is 0 Å². The minimum Gasteiger partial charge on any atom is -0.393 e. The number of nitrogen functional groups attached to an aromatic ring is 1. The van der Waals surface area contributed by atoms with Gasteiger partial charge >= 0.3 is 0 Å². The van der Waals surface area contributed by atoms with Crippen molar-refractivity contribution in [1.29, 1.82) is 0 Å². The SMILES string of the molecule is CCC(C)(C)N(C)S(=O)(=O)c1ccc([N+](=O)[O-])c(N)c1. The Balaban J connectivity index is 3.31. The molecular weight excluding hydrogens is 282 g/mol. The fourth-order valence-electron chi connectivity index (χ4n) is 1.57. The molecule has 0 heterocycles. The van der Waals surface area contributed by atoms with E-state index in [2.05, 4.69) is 0 Å². The molecule has 7 nitrogen and oxygen atoms in total. The van der Waals surface area contributed by atoms with E-state index in [0.29, 0.717) is 6.42 Å². The van der Waals surface area contributed by atoms with Crippen LogP contribution in [0.15, 0.2) is 23.1 Å². The first-order chi connectivity index (χ1) is 9.04. The van der Waals surface area contributed by atoms with Crippen molar-refractivity contribution in [2.24, 2.45) is 0 Å². The highest BCUT2D eigenvalue weighted by atomic mass is 32.2. The highest BCUT2D eigenvalue weighted by molar-refractivity contribution is 7.89. The van der Waals surface area contributed by atoms with Crippen LogP contribution in [0.4, 0.5) is 11.4 Å². The summed E-state index contributed by atoms with van der Waals surface area (Å²) in [5.41, 5.74) is 4.50. The van der Waals surface area contributed by atoms with E-state index in [1.54, 1.807) is 13.8 Å². The molecule has 1 aromatic carbocycles. The van der Waals surface area contributed by atoms with Gasteiger partial charge in [-0.1, -0.05) is 6.92 Å². The molecule has 112 valence electrons. The number of anilines is 1. The number of nitro benzene ring substituents is 1. The van der Waals surface area contributed by atoms with Crippen LogP contribution in [0.1, 0.15) is 27.2 Å². The standard InChI is InChI=1S/C12H19N3O4S/c1-5-12(2,3)14(4)20(18,19)9-6-7-11(15(16)17)10(13)8-9/h6-8H,5,13H2,1-4H3. The van der Waals surface area contributed by atoms with Crippen molar-refractivity contribution in [3.05, 3.63) is 28.3 Å². The average Bonchev–Trinajstić information content (AvgIpc) is 2.37. The highest BCUT2D eigenvalue weighted by Crippen LogP contribution is 2.29. The molecule has 0 saturated heterocycles. The van der Waals surface area contributed by atoms with Gasteiger partial charge in [0.05, 0.1) is 9.82 Å². The Labute approximate surface area is 118 Å². The van der Waals surface area contributed by atoms with Crippen molar-refractivity contribution in [1.82, 2.24) is 4.31 Å². The third-order valence-electron chi connectivity index (χ3n) is 3.57. The monoisotopic (exact) mass is 301 g/mol. The number of nitrogens with zero attached hydrogens (tertiary/aromatic N) is 2. The summed E-state index contributed by atoms with van der Waals surface area (Å²) in [4.78, 5) is 9.99. The zero-order valence-corrected chi connectivity index (χ0v) is 12.8. The molecule has 0 amide bonds. The molecule has 0 aromatic heterocycles. The van der Waals surface area contributed by atoms with Crippen LogP contribution >= 0.6 is 0 Å². The molecule has 1 aromatic rings. The second-order valence-corrected chi connectivity index (χ2v) is 7.09. The minimum absolute atomic E-state index is 0.0513. The maximum atomic E-state index is 12.5. The van der Waals surface area contributed by atoms with E-state index < -0.39 is 20.5 Å². The van der Waals surface area contributed by atoms with Gasteiger partial charge in [-0.25, -0.2) is 8.42 Å². The summed E-state index contributed by atoms with van der Waals surface area (Å²) in [5, 5.41) is 10.7. The number of nitro groups is 1. The van der Waals surface area contributed by atoms with E-state index in [1.165, 1.54) is 17.4 Å². The first kappa shape index (κ1) is 16.4. The van der Waals surface area contributed by atoms with E-state index in [-0.39, 0.29) is 16.3 Å². The smallest absolute Gasteiger partial charge is 0.292 e. The zero-order chi connectivity index (χ0) is 15.7. The summed E-state index contributed by atoms with van der Waals surface area (Å²) in [7, 11) is -2.26. The second-order valence-electron chi connectivity index (χ2n) is 5.12. The Hall–Kier alpha value is -1.67. The first-order valence-electron chi connectivity index (χ1n) is 6.07. The van der Waals surface area contributed by atoms with Crippen molar-refractivity contribution in [2.45, 2.75) is 37.6 Å². The average molecular weight is 301 g/mol. The molecule has 0 fully saturated rings. The third kappa shape index (κ3) is 2.91. The largest absolute Gasteiger partial charge is 0.393 e. The maximum Gasteiger partial charge on any atom is 0.292 e. The van der Waals surface area contributed by atoms with Gasteiger partial charge in [-0.3, -0.25) is 10.1 Å². The molecule has 0 bridgehead atoms. The lowest BCUT2D eigenvalue weighted by Crippen LogP contribution is -2.44. The summed E-state index contributed by atoms with van der Waals surface area (Å²) in [6, 6.07) is 3.43. The third-order valence-corrected chi connectivity index (χ3v) is 5.64. The van der Waals surface area contributed by atoms with Crippen LogP contribution in [0.5, 0.6) is 0 Å². The Kier molecular flexibility index (Phi) is 4.40. The number of rotatable bonds is 5. The second kappa shape index (κ2) is 5.37. The van der Waals surface area contributed by atoms with Crippen molar-refractivity contribution >= 4 is 21.4 Å². The quantitative estimate of drug-likeness (QED) is 0.508. The normalized spacial score (nSPS) is 12.7. The molecule has 20 heavy (non-hydrogen) atoms. The van der Waals surface area contributed by atoms with Crippen LogP contribution in [-0.2, 0) is 10.0 Å². The minimum atomic E-state index is -3.74. The Morgan fingerprint density at radius 2 is 1.95 bits per heavy atom. The van der Waals surface area contributed by atoms with Gasteiger partial charge in [-0.15, -0.1) is 0 Å². The van der Waals surface area contributed by atoms with Crippen molar-refractivity contribution in [3.8, 4) is 0 Å². The molecule has 2 N–H and O–H groups in total. The lowest BCUT2D eigenvalue weighted by molar-refractivity contribution is -0.383. The van der Waals surface area contributed by atoms with E-state index in [1.807, 2.05) is 6.92 Å². The fourth-order valence-corrected chi connectivity index (χ4v) is 3.18. The molecule has 1 rings (SSSR count). The van der Waals surface area contributed by atoms with Gasteiger partial charge in [-0.05, 0) is 32.4 Å². The van der Waals surface area contributed by atoms with Gasteiger partial charge in [0.25, 0.3) is 5.69 Å². The highest BCUT2D eigenvalue weighted by Gasteiger charge is 2.33. The maximum absolute atomic E-state index is 12.5. The van der Waals surface area contributed by atoms with Crippen molar-refractivity contribution < 1.29 is 13.3 Å². The van der Waals surface area contributed by atoms with Crippen LogP contribution in [0.25, 0.3) is 0 Å². The molecule has 0 aliphatic heterocycles. The van der Waals surface area contributed by atoms with E-state index in [4.69, 9.17) is 5.73 Å². The molecule has 0 unspecified atom stereocenters. The summed E-state index contributed by atoms with van der Waals surface area (Å²) in [5.74, 6) is 0. The van der Waals surface area contributed by atoms with Gasteiger partial charge in [0.1, 0.15) is 5.69 Å². The lowest BCUT2D eigenvalue weighted by atomic mass is 10.0. The molecular formula is C12H19N3O4S. The molecule has 0 atom stereocenters. The van der Waals surface area contributed by atoms with Crippen LogP contribution in [0.3, 0.4) is 0 Å². The molecule has 0 aliphatic rings. The number of hydrogen-bond donors (Lipinski definition) is 1. The first-order valence-corrected chi connectivity index (χ1v) is 7.51. The Morgan fingerprint density at radius 3 is 2.35 bits per heavy atom. The predicted octanol–water partition coefficient (Wildman–Crippen LogP) is 1.99. The van der Waals surface area contributed by atoms with Gasteiger partial charge in [0, 0.05) is 18.7 Å². The summed E-state index contributed by atoms with van der Waals surface area (Å²) >= 11 is 0. The summed E-state index contributed by atoms with van der Waals surface area (Å²) in [6.07, 6.45) is 0.630. The van der Waals surface area contributed by atoms with Crippen LogP contribution < -0.4 is 5.73 Å². The molecule has 0 aliphatic carbocycles. The van der Waals surface area contributed by atoms with Gasteiger partial charge in [-0.2, -0.15) is 4.31 Å². The lowest BCUT2D eigenvalue weighted by Gasteiger charge is -2.33. The van der Waals surface area contributed by atoms with E-state index in [0.717, 1.165) is 12.1 Å². The Morgan fingerprint density at radius 1 is 1.40 bits per heavy atom. The van der Waals surface area contributed by atoms with E-state index >= 15 is 0 Å². The zero-order valence-electron chi connectivity index (χ0n) is 12.0. The molecule has 8 heteroatoms. The molecule has 0 saturated carbocycles. The summed E-state index contributed by atoms with van der Waals surface area (Å²) in [6.45, 7) is 5.49. The van der Waals surface area contributed by atoms with Gasteiger partial charge < -0.3 is 5.73 Å². The number of hydrogen-bond acceptors (Lipinski definition) is 5. The van der Waals surface area contributed by atoms with Crippen LogP contribution in [0.2, 0.25) is 0 Å².